The van der Waals surface area contributed by atoms with Gasteiger partial charge in [-0.15, -0.1) is 0 Å². The van der Waals surface area contributed by atoms with E-state index in [2.05, 4.69) is 15.3 Å². The Balaban J connectivity index is 1.91. The molecule has 0 radical (unpaired) electrons. The molecule has 6 heteroatoms. The van der Waals surface area contributed by atoms with E-state index in [-0.39, 0.29) is 11.4 Å². The Morgan fingerprint density at radius 2 is 2.08 bits per heavy atom. The van der Waals surface area contributed by atoms with Crippen molar-refractivity contribution in [1.29, 1.82) is 5.26 Å². The number of methoxy groups -OCH3 is 1. The van der Waals surface area contributed by atoms with Crippen LogP contribution in [0.2, 0.25) is 0 Å². The second-order valence-corrected chi connectivity index (χ2v) is 6.38. The van der Waals surface area contributed by atoms with Crippen molar-refractivity contribution in [2.75, 3.05) is 12.4 Å². The third kappa shape index (κ3) is 4.00. The molecule has 2 N–H and O–H groups in total. The van der Waals surface area contributed by atoms with Gasteiger partial charge in [-0.2, -0.15) is 5.26 Å². The summed E-state index contributed by atoms with van der Waals surface area (Å²) in [5.41, 5.74) is 0.252. The lowest BCUT2D eigenvalue weighted by molar-refractivity contribution is 0.351. The lowest BCUT2D eigenvalue weighted by atomic mass is 9.87. The summed E-state index contributed by atoms with van der Waals surface area (Å²) < 4.78 is 5.31. The van der Waals surface area contributed by atoms with E-state index in [9.17, 15) is 10.1 Å². The minimum absolute atomic E-state index is 0.0155. The van der Waals surface area contributed by atoms with Crippen LogP contribution < -0.4 is 15.6 Å². The summed E-state index contributed by atoms with van der Waals surface area (Å²) in [6.07, 6.45) is 6.82. The van der Waals surface area contributed by atoms with Gasteiger partial charge in [-0.05, 0) is 18.1 Å². The lowest BCUT2D eigenvalue weighted by Crippen LogP contribution is -2.20. The highest BCUT2D eigenvalue weighted by molar-refractivity contribution is 5.67. The van der Waals surface area contributed by atoms with Gasteiger partial charge in [0.2, 0.25) is 0 Å². The van der Waals surface area contributed by atoms with Gasteiger partial charge in [0.1, 0.15) is 17.6 Å². The Hall–Kier alpha value is -2.81. The molecular weight excluding hydrogens is 316 g/mol. The minimum atomic E-state index is -0.402. The third-order valence-electron chi connectivity index (χ3n) is 4.65. The molecule has 1 aromatic carbocycles. The topological polar surface area (TPSA) is 90.8 Å². The molecule has 1 aliphatic rings. The molecule has 0 atom stereocenters. The molecule has 2 aromatic rings. The van der Waals surface area contributed by atoms with E-state index in [0.717, 1.165) is 6.42 Å². The molecule has 6 nitrogen and oxygen atoms in total. The van der Waals surface area contributed by atoms with Gasteiger partial charge in [0.15, 0.2) is 11.4 Å². The van der Waals surface area contributed by atoms with Crippen LogP contribution in [0.15, 0.2) is 29.1 Å². The van der Waals surface area contributed by atoms with Crippen LogP contribution in [0.3, 0.4) is 0 Å². The number of hydrogen-bond acceptors (Lipinski definition) is 5. The average Bonchev–Trinajstić information content (AvgIpc) is 2.63. The first-order valence-corrected chi connectivity index (χ1v) is 8.64. The number of nitrogens with zero attached hydrogens (tertiary/aromatic N) is 2. The zero-order chi connectivity index (χ0) is 17.6. The summed E-state index contributed by atoms with van der Waals surface area (Å²) in [6, 6.07) is 9.29. The Morgan fingerprint density at radius 1 is 1.32 bits per heavy atom. The maximum atomic E-state index is 12.3. The van der Waals surface area contributed by atoms with Crippen LogP contribution >= 0.6 is 0 Å². The number of hydrogen-bond donors (Lipinski definition) is 2. The van der Waals surface area contributed by atoms with Crippen molar-refractivity contribution in [3.05, 3.63) is 46.0 Å². The summed E-state index contributed by atoms with van der Waals surface area (Å²) in [6.45, 7) is 0. The maximum Gasteiger partial charge on any atom is 0.271 e. The van der Waals surface area contributed by atoms with Crippen molar-refractivity contribution in [3.63, 3.8) is 0 Å². The van der Waals surface area contributed by atoms with Crippen molar-refractivity contribution in [2.45, 2.75) is 38.5 Å². The summed E-state index contributed by atoms with van der Waals surface area (Å²) in [4.78, 5) is 19.6. The summed E-state index contributed by atoms with van der Waals surface area (Å²) in [7, 11) is 1.57. The second-order valence-electron chi connectivity index (χ2n) is 6.38. The van der Waals surface area contributed by atoms with Crippen LogP contribution in [0, 0.1) is 17.2 Å². The van der Waals surface area contributed by atoms with Gasteiger partial charge in [-0.1, -0.05) is 44.2 Å². The molecule has 0 unspecified atom stereocenters. The van der Waals surface area contributed by atoms with Gasteiger partial charge >= 0.3 is 0 Å². The quantitative estimate of drug-likeness (QED) is 0.870. The first-order chi connectivity index (χ1) is 12.2. The third-order valence-corrected chi connectivity index (χ3v) is 4.65. The van der Waals surface area contributed by atoms with Crippen LogP contribution in [-0.4, -0.2) is 17.1 Å². The highest BCUT2D eigenvalue weighted by atomic mass is 16.5. The Labute approximate surface area is 146 Å². The van der Waals surface area contributed by atoms with E-state index in [1.165, 1.54) is 32.1 Å². The fourth-order valence-corrected chi connectivity index (χ4v) is 3.35. The number of anilines is 2. The summed E-state index contributed by atoms with van der Waals surface area (Å²) >= 11 is 0. The van der Waals surface area contributed by atoms with Crippen molar-refractivity contribution in [2.24, 2.45) is 5.92 Å². The molecule has 0 amide bonds. The van der Waals surface area contributed by atoms with Gasteiger partial charge in [0, 0.05) is 6.42 Å². The summed E-state index contributed by atoms with van der Waals surface area (Å²) in [5, 5.41) is 12.4. The van der Waals surface area contributed by atoms with Crippen LogP contribution in [0.1, 0.15) is 43.5 Å². The van der Waals surface area contributed by atoms with Gasteiger partial charge in [0.25, 0.3) is 5.56 Å². The number of ether oxygens (including phenoxy) is 1. The molecule has 1 aliphatic carbocycles. The monoisotopic (exact) mass is 338 g/mol. The standard InChI is InChI=1S/C19H22N4O2/c1-25-16-10-6-5-9-15(16)21-18-14(12-20)19(24)23-17(22-18)11-13-7-3-2-4-8-13/h5-6,9-10,13H,2-4,7-8,11H2,1H3,(H2,21,22,23,24). The average molecular weight is 338 g/mol. The zero-order valence-corrected chi connectivity index (χ0v) is 14.3. The van der Waals surface area contributed by atoms with Gasteiger partial charge in [-0.25, -0.2) is 4.98 Å². The largest absolute Gasteiger partial charge is 0.495 e. The number of nitrogens with one attached hydrogen (secondary N) is 2. The second kappa shape index (κ2) is 7.84. The van der Waals surface area contributed by atoms with E-state index >= 15 is 0 Å². The molecule has 25 heavy (non-hydrogen) atoms. The minimum Gasteiger partial charge on any atom is -0.495 e. The SMILES string of the molecule is COc1ccccc1Nc1nc(CC2CCCCC2)[nH]c(=O)c1C#N. The molecule has 130 valence electrons. The van der Waals surface area contributed by atoms with E-state index in [4.69, 9.17) is 4.74 Å². The number of rotatable bonds is 5. The molecule has 1 fully saturated rings. The fraction of sp³-hybridized carbons (Fsp3) is 0.421. The molecule has 1 saturated carbocycles. The lowest BCUT2D eigenvalue weighted by Gasteiger charge is -2.21. The first-order valence-electron chi connectivity index (χ1n) is 8.64. The highest BCUT2D eigenvalue weighted by Gasteiger charge is 2.18. The fourth-order valence-electron chi connectivity index (χ4n) is 3.35. The number of benzene rings is 1. The van der Waals surface area contributed by atoms with E-state index in [1.54, 1.807) is 7.11 Å². The number of para-hydroxylation sites is 2. The predicted octanol–water partition coefficient (Wildman–Crippen LogP) is 3.52. The van der Waals surface area contributed by atoms with E-state index < -0.39 is 5.56 Å². The number of H-pyrrole nitrogens is 1. The van der Waals surface area contributed by atoms with Crippen molar-refractivity contribution < 1.29 is 4.74 Å². The molecule has 0 saturated heterocycles. The Kier molecular flexibility index (Phi) is 5.34. The molecule has 0 bridgehead atoms. The van der Waals surface area contributed by atoms with Gasteiger partial charge < -0.3 is 15.0 Å². The van der Waals surface area contributed by atoms with E-state index in [0.29, 0.717) is 23.2 Å². The predicted molar refractivity (Wildman–Crippen MR) is 96.1 cm³/mol. The number of aromatic nitrogens is 2. The van der Waals surface area contributed by atoms with Crippen molar-refractivity contribution in [1.82, 2.24) is 9.97 Å². The smallest absolute Gasteiger partial charge is 0.271 e. The Bertz CT molecular complexity index is 832. The van der Waals surface area contributed by atoms with Crippen LogP contribution in [0.4, 0.5) is 11.5 Å². The van der Waals surface area contributed by atoms with Crippen LogP contribution in [-0.2, 0) is 6.42 Å². The van der Waals surface area contributed by atoms with Crippen molar-refractivity contribution in [3.8, 4) is 11.8 Å². The Morgan fingerprint density at radius 3 is 2.80 bits per heavy atom. The molecule has 1 aromatic heterocycles. The van der Waals surface area contributed by atoms with Crippen molar-refractivity contribution >= 4 is 11.5 Å². The molecule has 0 aliphatic heterocycles. The molecule has 1 heterocycles. The van der Waals surface area contributed by atoms with Gasteiger partial charge in [0.05, 0.1) is 12.8 Å². The number of nitriles is 1. The maximum absolute atomic E-state index is 12.3. The van der Waals surface area contributed by atoms with Crippen LogP contribution in [0.25, 0.3) is 0 Å². The number of aromatic amines is 1. The van der Waals surface area contributed by atoms with Crippen LogP contribution in [0.5, 0.6) is 5.75 Å². The molecule has 0 spiro atoms. The van der Waals surface area contributed by atoms with Gasteiger partial charge in [-0.3, -0.25) is 4.79 Å². The highest BCUT2D eigenvalue weighted by Crippen LogP contribution is 2.28. The normalized spacial score (nSPS) is 14.7. The first kappa shape index (κ1) is 17.0. The molecule has 3 rings (SSSR count). The zero-order valence-electron chi connectivity index (χ0n) is 14.3. The molecular formula is C19H22N4O2. The summed E-state index contributed by atoms with van der Waals surface area (Å²) in [5.74, 6) is 2.08. The van der Waals surface area contributed by atoms with E-state index in [1.807, 2.05) is 30.3 Å².